The summed E-state index contributed by atoms with van der Waals surface area (Å²) in [6, 6.07) is 62.9. The third-order valence-electron chi connectivity index (χ3n) is 11.7. The lowest BCUT2D eigenvalue weighted by atomic mass is 9.68. The summed E-state index contributed by atoms with van der Waals surface area (Å²) in [5.41, 5.74) is 18.0. The van der Waals surface area contributed by atoms with Gasteiger partial charge in [-0.15, -0.1) is 0 Å². The van der Waals surface area contributed by atoms with Gasteiger partial charge in [0, 0.05) is 16.7 Å². The van der Waals surface area contributed by atoms with Crippen LogP contribution >= 0.6 is 0 Å². The second kappa shape index (κ2) is 12.6. The summed E-state index contributed by atoms with van der Waals surface area (Å²) in [7, 11) is 0. The number of allylic oxidation sites excluding steroid dienone is 4. The van der Waals surface area contributed by atoms with E-state index in [0.717, 1.165) is 40.7 Å². The molecule has 3 heteroatoms. The van der Waals surface area contributed by atoms with Crippen LogP contribution < -0.4 is 0 Å². The highest BCUT2D eigenvalue weighted by atomic mass is 15.0. The Balaban J connectivity index is 1.09. The molecule has 8 aromatic rings. The first-order chi connectivity index (χ1) is 27.3. The molecular weight excluding hydrogens is 667 g/mol. The van der Waals surface area contributed by atoms with Crippen molar-refractivity contribution in [3.8, 4) is 67.5 Å². The molecule has 0 amide bonds. The number of aromatic nitrogens is 3. The van der Waals surface area contributed by atoms with E-state index in [1.165, 1.54) is 55.7 Å². The largest absolute Gasteiger partial charge is 0.208 e. The maximum Gasteiger partial charge on any atom is 0.164 e. The molecule has 1 heterocycles. The standard InChI is InChI=1S/C52H35N3/c1-3-13-34(14-4-1)36-23-27-38(28-24-36)49-53-50(39-29-25-37(26-30-39)35-15-5-2-6-16-35)55-51(54-49)40-31-32-44-43-19-9-12-22-47(43)52(48(44)33-40)45-20-10-7-17-41(45)42-18-8-11-21-46(42)52/h1-10,12-20,22-33H,11,21H2. The molecule has 258 valence electrons. The first-order valence-corrected chi connectivity index (χ1v) is 19.1. The smallest absolute Gasteiger partial charge is 0.164 e. The summed E-state index contributed by atoms with van der Waals surface area (Å²) in [6.07, 6.45) is 6.75. The summed E-state index contributed by atoms with van der Waals surface area (Å²) in [5.74, 6) is 1.97. The molecule has 3 aliphatic rings. The highest BCUT2D eigenvalue weighted by molar-refractivity contribution is 5.97. The van der Waals surface area contributed by atoms with Crippen LogP contribution in [0.2, 0.25) is 0 Å². The van der Waals surface area contributed by atoms with Gasteiger partial charge in [0.1, 0.15) is 0 Å². The van der Waals surface area contributed by atoms with Crippen LogP contribution in [0.4, 0.5) is 0 Å². The minimum absolute atomic E-state index is 0.363. The molecule has 1 atom stereocenters. The Labute approximate surface area is 321 Å². The minimum Gasteiger partial charge on any atom is -0.208 e. The van der Waals surface area contributed by atoms with Crippen molar-refractivity contribution in [3.63, 3.8) is 0 Å². The van der Waals surface area contributed by atoms with E-state index in [2.05, 4.69) is 176 Å². The fraction of sp³-hybridized carbons (Fsp3) is 0.0577. The molecule has 11 rings (SSSR count). The van der Waals surface area contributed by atoms with Gasteiger partial charge in [-0.2, -0.15) is 0 Å². The molecular formula is C52H35N3. The Morgan fingerprint density at radius 2 is 0.800 bits per heavy atom. The van der Waals surface area contributed by atoms with Gasteiger partial charge in [0.2, 0.25) is 0 Å². The Bertz CT molecular complexity index is 2730. The molecule has 0 aliphatic heterocycles. The lowest BCUT2D eigenvalue weighted by Gasteiger charge is -2.33. The molecule has 1 unspecified atom stereocenters. The second-order valence-corrected chi connectivity index (χ2v) is 14.6. The van der Waals surface area contributed by atoms with Crippen molar-refractivity contribution >= 4 is 5.57 Å². The van der Waals surface area contributed by atoms with Crippen LogP contribution in [0.3, 0.4) is 0 Å². The Morgan fingerprint density at radius 1 is 0.364 bits per heavy atom. The molecule has 0 N–H and O–H groups in total. The van der Waals surface area contributed by atoms with Gasteiger partial charge < -0.3 is 0 Å². The van der Waals surface area contributed by atoms with E-state index >= 15 is 0 Å². The number of rotatable bonds is 5. The van der Waals surface area contributed by atoms with Gasteiger partial charge in [-0.3, -0.25) is 0 Å². The van der Waals surface area contributed by atoms with Gasteiger partial charge in [-0.25, -0.2) is 15.0 Å². The van der Waals surface area contributed by atoms with E-state index in [0.29, 0.717) is 17.5 Å². The Kier molecular flexibility index (Phi) is 7.21. The zero-order valence-corrected chi connectivity index (χ0v) is 30.2. The number of benzene rings is 7. The number of hydrogen-bond donors (Lipinski definition) is 0. The number of nitrogens with zero attached hydrogens (tertiary/aromatic N) is 3. The fourth-order valence-corrected chi connectivity index (χ4v) is 9.20. The van der Waals surface area contributed by atoms with Crippen molar-refractivity contribution < 1.29 is 0 Å². The Hall–Kier alpha value is -6.97. The first kappa shape index (κ1) is 31.5. The van der Waals surface area contributed by atoms with Crippen LogP contribution in [0.15, 0.2) is 194 Å². The third-order valence-corrected chi connectivity index (χ3v) is 11.7. The highest BCUT2D eigenvalue weighted by Gasteiger charge is 2.52. The molecule has 0 radical (unpaired) electrons. The molecule has 0 saturated heterocycles. The van der Waals surface area contributed by atoms with E-state index < -0.39 is 0 Å². The van der Waals surface area contributed by atoms with Gasteiger partial charge >= 0.3 is 0 Å². The summed E-state index contributed by atoms with van der Waals surface area (Å²) >= 11 is 0. The lowest BCUT2D eigenvalue weighted by Crippen LogP contribution is -2.27. The summed E-state index contributed by atoms with van der Waals surface area (Å²) in [4.78, 5) is 15.6. The molecule has 3 aliphatic carbocycles. The molecule has 1 aromatic heterocycles. The van der Waals surface area contributed by atoms with Gasteiger partial charge in [-0.1, -0.05) is 182 Å². The molecule has 1 spiro atoms. The zero-order valence-electron chi connectivity index (χ0n) is 30.2. The highest BCUT2D eigenvalue weighted by Crippen LogP contribution is 2.63. The second-order valence-electron chi connectivity index (χ2n) is 14.6. The van der Waals surface area contributed by atoms with E-state index in [9.17, 15) is 0 Å². The topological polar surface area (TPSA) is 38.7 Å². The quantitative estimate of drug-likeness (QED) is 0.179. The number of hydrogen-bond acceptors (Lipinski definition) is 3. The molecule has 0 saturated carbocycles. The predicted molar refractivity (Wildman–Crippen MR) is 224 cm³/mol. The van der Waals surface area contributed by atoms with E-state index in [1.54, 1.807) is 0 Å². The van der Waals surface area contributed by atoms with E-state index in [1.807, 2.05) is 12.1 Å². The molecule has 55 heavy (non-hydrogen) atoms. The number of fused-ring (bicyclic) bond motifs is 9. The van der Waals surface area contributed by atoms with Gasteiger partial charge in [0.05, 0.1) is 5.41 Å². The van der Waals surface area contributed by atoms with Crippen molar-refractivity contribution in [2.45, 2.75) is 18.3 Å². The third kappa shape index (κ3) is 4.93. The summed E-state index contributed by atoms with van der Waals surface area (Å²) in [6.45, 7) is 0. The fourth-order valence-electron chi connectivity index (χ4n) is 9.20. The van der Waals surface area contributed by atoms with Crippen molar-refractivity contribution in [1.29, 1.82) is 0 Å². The summed E-state index contributed by atoms with van der Waals surface area (Å²) in [5, 5.41) is 0. The average Bonchev–Trinajstić information content (AvgIpc) is 3.74. The minimum atomic E-state index is -0.363. The SMILES string of the molecule is C1=CC2=C(CC1)C1(c3ccccc32)c2ccccc2-c2ccc(-c3nc(-c4ccc(-c5ccccc5)cc4)nc(-c4ccc(-c5ccccc5)cc4)n3)cc21. The average molecular weight is 702 g/mol. The zero-order chi connectivity index (χ0) is 36.3. The van der Waals surface area contributed by atoms with Crippen LogP contribution in [-0.4, -0.2) is 15.0 Å². The van der Waals surface area contributed by atoms with Crippen LogP contribution in [0.1, 0.15) is 35.1 Å². The van der Waals surface area contributed by atoms with Crippen molar-refractivity contribution in [2.24, 2.45) is 0 Å². The maximum absolute atomic E-state index is 5.24. The van der Waals surface area contributed by atoms with Crippen molar-refractivity contribution in [1.82, 2.24) is 15.0 Å². The van der Waals surface area contributed by atoms with Crippen molar-refractivity contribution in [3.05, 3.63) is 216 Å². The maximum atomic E-state index is 5.24. The molecule has 0 bridgehead atoms. The molecule has 3 nitrogen and oxygen atoms in total. The van der Waals surface area contributed by atoms with Crippen LogP contribution in [0, 0.1) is 0 Å². The Morgan fingerprint density at radius 3 is 1.40 bits per heavy atom. The first-order valence-electron chi connectivity index (χ1n) is 19.1. The van der Waals surface area contributed by atoms with Gasteiger partial charge in [0.15, 0.2) is 17.5 Å². The molecule has 0 fully saturated rings. The molecule has 7 aromatic carbocycles. The monoisotopic (exact) mass is 701 g/mol. The lowest BCUT2D eigenvalue weighted by molar-refractivity contribution is 0.714. The normalized spacial score (nSPS) is 16.1. The van der Waals surface area contributed by atoms with Crippen LogP contribution in [0.25, 0.3) is 73.1 Å². The van der Waals surface area contributed by atoms with Crippen molar-refractivity contribution in [2.75, 3.05) is 0 Å². The summed E-state index contributed by atoms with van der Waals surface area (Å²) < 4.78 is 0. The van der Waals surface area contributed by atoms with Crippen LogP contribution in [-0.2, 0) is 5.41 Å². The predicted octanol–water partition coefficient (Wildman–Crippen LogP) is 12.6. The van der Waals surface area contributed by atoms with Crippen LogP contribution in [0.5, 0.6) is 0 Å². The van der Waals surface area contributed by atoms with E-state index in [-0.39, 0.29) is 5.41 Å². The van der Waals surface area contributed by atoms with E-state index in [4.69, 9.17) is 15.0 Å². The van der Waals surface area contributed by atoms with Gasteiger partial charge in [-0.05, 0) is 85.7 Å². The van der Waals surface area contributed by atoms with Gasteiger partial charge in [0.25, 0.3) is 0 Å².